The molecule has 0 aliphatic heterocycles. The van der Waals surface area contributed by atoms with E-state index in [2.05, 4.69) is 28.6 Å². The lowest BCUT2D eigenvalue weighted by Gasteiger charge is -2.27. The van der Waals surface area contributed by atoms with E-state index < -0.39 is 10.0 Å². The number of carbonyl (C=O) groups is 1. The van der Waals surface area contributed by atoms with E-state index in [1.807, 2.05) is 17.7 Å². The van der Waals surface area contributed by atoms with Gasteiger partial charge in [-0.25, -0.2) is 13.1 Å². The number of aromatic nitrogens is 2. The minimum atomic E-state index is -3.65. The number of carbonyl (C=O) groups excluding carboxylic acids is 1. The van der Waals surface area contributed by atoms with Crippen LogP contribution in [0.1, 0.15) is 59.8 Å². The van der Waals surface area contributed by atoms with Crippen LogP contribution in [0.5, 0.6) is 0 Å². The summed E-state index contributed by atoms with van der Waals surface area (Å²) in [5.41, 5.74) is 3.70. The number of nitrogens with one attached hydrogen (secondary N) is 1. The van der Waals surface area contributed by atoms with Gasteiger partial charge in [0.2, 0.25) is 10.0 Å². The van der Waals surface area contributed by atoms with Crippen LogP contribution in [-0.2, 0) is 16.4 Å². The maximum atomic E-state index is 13.2. The quantitative estimate of drug-likeness (QED) is 0.559. The monoisotopic (exact) mass is 466 g/mol. The fraction of sp³-hybridized carbons (Fsp3) is 0.360. The van der Waals surface area contributed by atoms with Crippen molar-refractivity contribution in [2.45, 2.75) is 51.0 Å². The smallest absolute Gasteiger partial charge is 0.256 e. The Labute approximate surface area is 195 Å². The molecule has 0 saturated carbocycles. The van der Waals surface area contributed by atoms with Crippen molar-refractivity contribution in [1.82, 2.24) is 14.1 Å². The summed E-state index contributed by atoms with van der Waals surface area (Å²) in [5.74, 6) is 0.277. The molecule has 174 valence electrons. The van der Waals surface area contributed by atoms with Crippen LogP contribution in [0.3, 0.4) is 0 Å². The van der Waals surface area contributed by atoms with Crippen LogP contribution in [0.2, 0.25) is 0 Å². The molecule has 1 heterocycles. The summed E-state index contributed by atoms with van der Waals surface area (Å²) in [7, 11) is -3.65. The molecule has 0 spiro atoms. The Morgan fingerprint density at radius 1 is 1.15 bits per heavy atom. The second-order valence-electron chi connectivity index (χ2n) is 8.30. The lowest BCUT2D eigenvalue weighted by Crippen LogP contribution is -2.30. The summed E-state index contributed by atoms with van der Waals surface area (Å²) in [6, 6.07) is 14.6. The molecule has 4 rings (SSSR count). The first-order valence-electron chi connectivity index (χ1n) is 11.4. The third kappa shape index (κ3) is 4.45. The van der Waals surface area contributed by atoms with Crippen molar-refractivity contribution in [3.8, 4) is 0 Å². The second-order valence-corrected chi connectivity index (χ2v) is 10.2. The second kappa shape index (κ2) is 9.49. The molecule has 8 heteroatoms. The van der Waals surface area contributed by atoms with Crippen LogP contribution in [0.15, 0.2) is 59.6 Å². The zero-order valence-electron chi connectivity index (χ0n) is 19.3. The molecule has 1 aliphatic rings. The van der Waals surface area contributed by atoms with Crippen LogP contribution >= 0.6 is 0 Å². The van der Waals surface area contributed by atoms with E-state index in [-0.39, 0.29) is 16.8 Å². The topological polar surface area (TPSA) is 84.3 Å². The van der Waals surface area contributed by atoms with E-state index in [1.165, 1.54) is 27.6 Å². The van der Waals surface area contributed by atoms with Gasteiger partial charge in [-0.2, -0.15) is 9.40 Å². The number of fused-ring (bicyclic) bond motifs is 1. The van der Waals surface area contributed by atoms with Crippen molar-refractivity contribution in [1.29, 1.82) is 0 Å². The summed E-state index contributed by atoms with van der Waals surface area (Å²) >= 11 is 0. The highest BCUT2D eigenvalue weighted by atomic mass is 32.2. The highest BCUT2D eigenvalue weighted by Gasteiger charge is 2.26. The molecule has 1 unspecified atom stereocenters. The van der Waals surface area contributed by atoms with Gasteiger partial charge in [-0.1, -0.05) is 44.2 Å². The lowest BCUT2D eigenvalue weighted by molar-refractivity contribution is 0.102. The number of hydrogen-bond acceptors (Lipinski definition) is 4. The zero-order valence-corrected chi connectivity index (χ0v) is 20.1. The van der Waals surface area contributed by atoms with Gasteiger partial charge in [0.05, 0.1) is 17.1 Å². The van der Waals surface area contributed by atoms with Gasteiger partial charge in [0.1, 0.15) is 5.82 Å². The van der Waals surface area contributed by atoms with Crippen LogP contribution in [0, 0.1) is 6.92 Å². The van der Waals surface area contributed by atoms with E-state index in [0.717, 1.165) is 24.8 Å². The molecule has 0 bridgehead atoms. The standard InChI is InChI=1S/C25H30N4O3S/c1-4-28(5-2)33(31,32)21-13-8-12-20(16-21)25(30)27-24-18(3)17-26-29(24)23-15-9-11-19-10-6-7-14-22(19)23/h6-8,10,12-14,16-17,23H,4-5,9,11,15H2,1-3H3,(H,27,30). The van der Waals surface area contributed by atoms with Crippen molar-refractivity contribution in [3.05, 3.63) is 77.0 Å². The Morgan fingerprint density at radius 2 is 1.91 bits per heavy atom. The summed E-state index contributed by atoms with van der Waals surface area (Å²) in [6.45, 7) is 6.25. The normalized spacial score (nSPS) is 15.9. The first kappa shape index (κ1) is 23.2. The number of anilines is 1. The third-order valence-corrected chi connectivity index (χ3v) is 8.33. The number of sulfonamides is 1. The Balaban J connectivity index is 1.64. The van der Waals surface area contributed by atoms with Crippen molar-refractivity contribution in [3.63, 3.8) is 0 Å². The molecular weight excluding hydrogens is 436 g/mol. The molecule has 1 N–H and O–H groups in total. The minimum absolute atomic E-state index is 0.0494. The molecule has 0 radical (unpaired) electrons. The summed E-state index contributed by atoms with van der Waals surface area (Å²) < 4.78 is 29.1. The first-order chi connectivity index (χ1) is 15.9. The molecule has 2 aromatic carbocycles. The molecule has 0 saturated heterocycles. The minimum Gasteiger partial charge on any atom is -0.307 e. The average Bonchev–Trinajstić information content (AvgIpc) is 3.19. The number of nitrogens with zero attached hydrogens (tertiary/aromatic N) is 3. The van der Waals surface area contributed by atoms with E-state index >= 15 is 0 Å². The van der Waals surface area contributed by atoms with Crippen molar-refractivity contribution in [2.75, 3.05) is 18.4 Å². The van der Waals surface area contributed by atoms with Crippen LogP contribution in [-0.4, -0.2) is 41.5 Å². The molecule has 1 aromatic heterocycles. The predicted molar refractivity (Wildman–Crippen MR) is 129 cm³/mol. The van der Waals surface area contributed by atoms with Gasteiger partial charge in [-0.15, -0.1) is 0 Å². The molecule has 7 nitrogen and oxygen atoms in total. The Bertz CT molecular complexity index is 1260. The third-order valence-electron chi connectivity index (χ3n) is 6.28. The highest BCUT2D eigenvalue weighted by molar-refractivity contribution is 7.89. The zero-order chi connectivity index (χ0) is 23.6. The predicted octanol–water partition coefficient (Wildman–Crippen LogP) is 4.40. The molecule has 33 heavy (non-hydrogen) atoms. The molecule has 1 amide bonds. The van der Waals surface area contributed by atoms with Crippen LogP contribution in [0.25, 0.3) is 0 Å². The fourth-order valence-corrected chi connectivity index (χ4v) is 6.02. The van der Waals surface area contributed by atoms with E-state index in [9.17, 15) is 13.2 Å². The number of benzene rings is 2. The Morgan fingerprint density at radius 3 is 2.67 bits per heavy atom. The maximum absolute atomic E-state index is 13.2. The number of amides is 1. The Kier molecular flexibility index (Phi) is 6.67. The highest BCUT2D eigenvalue weighted by Crippen LogP contribution is 2.35. The van der Waals surface area contributed by atoms with Crippen LogP contribution < -0.4 is 5.32 Å². The summed E-state index contributed by atoms with van der Waals surface area (Å²) in [6.07, 6.45) is 4.80. The molecular formula is C25H30N4O3S. The first-order valence-corrected chi connectivity index (χ1v) is 12.8. The van der Waals surface area contributed by atoms with Gasteiger partial charge in [0, 0.05) is 24.2 Å². The van der Waals surface area contributed by atoms with E-state index in [0.29, 0.717) is 24.5 Å². The number of aryl methyl sites for hydroxylation is 2. The Hall–Kier alpha value is -2.97. The fourth-order valence-electron chi connectivity index (χ4n) is 4.51. The van der Waals surface area contributed by atoms with Crippen molar-refractivity contribution in [2.24, 2.45) is 0 Å². The summed E-state index contributed by atoms with van der Waals surface area (Å²) in [4.78, 5) is 13.3. The largest absolute Gasteiger partial charge is 0.307 e. The lowest BCUT2D eigenvalue weighted by atomic mass is 9.88. The maximum Gasteiger partial charge on any atom is 0.256 e. The van der Waals surface area contributed by atoms with Gasteiger partial charge < -0.3 is 5.32 Å². The van der Waals surface area contributed by atoms with Gasteiger partial charge in [-0.3, -0.25) is 4.79 Å². The van der Waals surface area contributed by atoms with Gasteiger partial charge in [-0.05, 0) is 55.5 Å². The van der Waals surface area contributed by atoms with Gasteiger partial charge in [0.15, 0.2) is 0 Å². The van der Waals surface area contributed by atoms with Crippen LogP contribution in [0.4, 0.5) is 5.82 Å². The van der Waals surface area contributed by atoms with E-state index in [4.69, 9.17) is 0 Å². The van der Waals surface area contributed by atoms with Crippen molar-refractivity contribution < 1.29 is 13.2 Å². The van der Waals surface area contributed by atoms with E-state index in [1.54, 1.807) is 32.2 Å². The van der Waals surface area contributed by atoms with Crippen molar-refractivity contribution >= 4 is 21.7 Å². The summed E-state index contributed by atoms with van der Waals surface area (Å²) in [5, 5.41) is 7.58. The number of hydrogen-bond donors (Lipinski definition) is 1. The van der Waals surface area contributed by atoms with Gasteiger partial charge in [0.25, 0.3) is 5.91 Å². The average molecular weight is 467 g/mol. The molecule has 0 fully saturated rings. The SMILES string of the molecule is CCN(CC)S(=O)(=O)c1cccc(C(=O)Nc2c(C)cnn2C2CCCc3ccccc32)c1. The number of rotatable bonds is 7. The van der Waals surface area contributed by atoms with Gasteiger partial charge >= 0.3 is 0 Å². The molecule has 3 aromatic rings. The molecule has 1 atom stereocenters. The molecule has 1 aliphatic carbocycles.